The van der Waals surface area contributed by atoms with Crippen molar-refractivity contribution >= 4 is 27.7 Å². The second-order valence-corrected chi connectivity index (χ2v) is 7.55. The monoisotopic (exact) mass is 423 g/mol. The van der Waals surface area contributed by atoms with Crippen molar-refractivity contribution in [1.29, 1.82) is 0 Å². The van der Waals surface area contributed by atoms with Crippen LogP contribution in [0.4, 0.5) is 5.82 Å². The van der Waals surface area contributed by atoms with Crippen molar-refractivity contribution < 1.29 is 13.6 Å². The lowest BCUT2D eigenvalue weighted by Gasteiger charge is -2.13. The van der Waals surface area contributed by atoms with Crippen molar-refractivity contribution in [2.45, 2.75) is 32.7 Å². The van der Waals surface area contributed by atoms with Crippen molar-refractivity contribution in [3.63, 3.8) is 0 Å². The molecule has 0 fully saturated rings. The van der Waals surface area contributed by atoms with Gasteiger partial charge in [0.25, 0.3) is 5.89 Å². The van der Waals surface area contributed by atoms with E-state index in [4.69, 9.17) is 8.83 Å². The number of nitrogens with zero attached hydrogens (tertiary/aromatic N) is 4. The highest BCUT2D eigenvalue weighted by Gasteiger charge is 2.20. The summed E-state index contributed by atoms with van der Waals surface area (Å²) in [5.41, 5.74) is 0.704. The molecule has 0 saturated carbocycles. The largest absolute Gasteiger partial charge is 0.444 e. The van der Waals surface area contributed by atoms with Gasteiger partial charge in [0.2, 0.25) is 5.91 Å². The van der Waals surface area contributed by atoms with E-state index in [1.165, 1.54) is 0 Å². The summed E-state index contributed by atoms with van der Waals surface area (Å²) >= 11 is 3.16. The number of halogens is 1. The third kappa shape index (κ3) is 3.79. The third-order valence-electron chi connectivity index (χ3n) is 3.60. The zero-order chi connectivity index (χ0) is 19.1. The summed E-state index contributed by atoms with van der Waals surface area (Å²) in [6.45, 7) is 5.81. The van der Waals surface area contributed by atoms with Crippen molar-refractivity contribution in [1.82, 2.24) is 19.6 Å². The Labute approximate surface area is 157 Å². The van der Waals surface area contributed by atoms with Gasteiger partial charge in [-0.3, -0.25) is 9.48 Å². The maximum Gasteiger partial charge on any atom is 0.437 e. The summed E-state index contributed by atoms with van der Waals surface area (Å²) in [6.07, 6.45) is 0. The van der Waals surface area contributed by atoms with Gasteiger partial charge in [0.15, 0.2) is 10.4 Å². The Hall–Kier alpha value is -2.62. The van der Waals surface area contributed by atoms with E-state index in [1.54, 1.807) is 29.9 Å². The zero-order valence-corrected chi connectivity index (χ0v) is 16.3. The molecular formula is C16H18BrN5O4. The van der Waals surface area contributed by atoms with E-state index in [0.29, 0.717) is 10.5 Å². The molecule has 0 saturated heterocycles. The minimum absolute atomic E-state index is 0.00375. The summed E-state index contributed by atoms with van der Waals surface area (Å²) in [6, 6.07) is 5.05. The fourth-order valence-corrected chi connectivity index (χ4v) is 2.51. The van der Waals surface area contributed by atoms with Crippen molar-refractivity contribution in [3.8, 4) is 11.7 Å². The smallest absolute Gasteiger partial charge is 0.437 e. The summed E-state index contributed by atoms with van der Waals surface area (Å²) in [5.74, 6) is -0.343. The van der Waals surface area contributed by atoms with Crippen molar-refractivity contribution in [2.24, 2.45) is 7.05 Å². The molecule has 0 spiro atoms. The molecule has 0 aliphatic rings. The van der Waals surface area contributed by atoms with E-state index in [1.807, 2.05) is 20.8 Å². The van der Waals surface area contributed by atoms with E-state index >= 15 is 0 Å². The van der Waals surface area contributed by atoms with Crippen LogP contribution in [0.1, 0.15) is 26.5 Å². The van der Waals surface area contributed by atoms with Crippen LogP contribution in [-0.4, -0.2) is 25.5 Å². The minimum atomic E-state index is -0.747. The molecule has 0 aromatic carbocycles. The second kappa shape index (κ2) is 6.60. The van der Waals surface area contributed by atoms with Crippen LogP contribution in [-0.2, 0) is 23.8 Å². The van der Waals surface area contributed by atoms with Gasteiger partial charge in [-0.15, -0.1) is 5.10 Å². The van der Waals surface area contributed by atoms with Gasteiger partial charge in [-0.1, -0.05) is 20.8 Å². The van der Waals surface area contributed by atoms with Gasteiger partial charge in [0.05, 0.1) is 5.69 Å². The first-order valence-electron chi connectivity index (χ1n) is 7.81. The van der Waals surface area contributed by atoms with E-state index in [0.717, 1.165) is 10.4 Å². The van der Waals surface area contributed by atoms with Crippen LogP contribution < -0.4 is 11.1 Å². The Balaban J connectivity index is 1.74. The van der Waals surface area contributed by atoms with E-state index < -0.39 is 11.7 Å². The van der Waals surface area contributed by atoms with Crippen LogP contribution in [0, 0.1) is 0 Å². The Morgan fingerprint density at radius 2 is 2.00 bits per heavy atom. The average Bonchev–Trinajstić information content (AvgIpc) is 3.20. The number of aryl methyl sites for hydroxylation is 1. The second-order valence-electron chi connectivity index (χ2n) is 6.77. The molecule has 3 aromatic rings. The molecule has 0 bridgehead atoms. The van der Waals surface area contributed by atoms with Crippen molar-refractivity contribution in [2.75, 3.05) is 5.32 Å². The van der Waals surface area contributed by atoms with E-state index in [2.05, 4.69) is 31.4 Å². The highest BCUT2D eigenvalue weighted by atomic mass is 79.9. The van der Waals surface area contributed by atoms with E-state index in [-0.39, 0.29) is 23.6 Å². The number of carbonyl (C=O) groups excluding carboxylic acids is 1. The molecular weight excluding hydrogens is 406 g/mol. The summed E-state index contributed by atoms with van der Waals surface area (Å²) in [5, 5.41) is 11.1. The van der Waals surface area contributed by atoms with Gasteiger partial charge in [0, 0.05) is 18.5 Å². The molecule has 1 N–H and O–H groups in total. The summed E-state index contributed by atoms with van der Waals surface area (Å²) < 4.78 is 13.3. The first kappa shape index (κ1) is 18.2. The SMILES string of the molecule is Cn1nc(C(C)(C)C)cc1NC(=O)Cn1nc(-c2ccc(Br)o2)oc1=O. The van der Waals surface area contributed by atoms with Crippen molar-refractivity contribution in [3.05, 3.63) is 39.1 Å². The van der Waals surface area contributed by atoms with Gasteiger partial charge in [0.1, 0.15) is 12.4 Å². The minimum Gasteiger partial charge on any atom is -0.444 e. The Morgan fingerprint density at radius 3 is 2.58 bits per heavy atom. The maximum absolute atomic E-state index is 12.3. The van der Waals surface area contributed by atoms with Crippen LogP contribution in [0.5, 0.6) is 0 Å². The number of hydrogen-bond acceptors (Lipinski definition) is 6. The quantitative estimate of drug-likeness (QED) is 0.690. The molecule has 3 heterocycles. The molecule has 0 unspecified atom stereocenters. The lowest BCUT2D eigenvalue weighted by atomic mass is 9.92. The number of anilines is 1. The van der Waals surface area contributed by atoms with Crippen LogP contribution >= 0.6 is 15.9 Å². The molecule has 0 atom stereocenters. The number of nitrogens with one attached hydrogen (secondary N) is 1. The first-order valence-corrected chi connectivity index (χ1v) is 8.61. The number of aromatic nitrogens is 4. The highest BCUT2D eigenvalue weighted by Crippen LogP contribution is 2.24. The highest BCUT2D eigenvalue weighted by molar-refractivity contribution is 9.10. The number of amides is 1. The third-order valence-corrected chi connectivity index (χ3v) is 4.03. The molecule has 1 amide bonds. The molecule has 0 radical (unpaired) electrons. The Morgan fingerprint density at radius 1 is 1.27 bits per heavy atom. The lowest BCUT2D eigenvalue weighted by molar-refractivity contribution is -0.117. The van der Waals surface area contributed by atoms with Gasteiger partial charge >= 0.3 is 5.76 Å². The Kier molecular flexibility index (Phi) is 4.61. The number of hydrogen-bond donors (Lipinski definition) is 1. The van der Waals surface area contributed by atoms with Crippen LogP contribution in [0.25, 0.3) is 11.7 Å². The van der Waals surface area contributed by atoms with Gasteiger partial charge in [-0.2, -0.15) is 9.78 Å². The zero-order valence-electron chi connectivity index (χ0n) is 14.7. The molecule has 3 aromatic heterocycles. The molecule has 9 nitrogen and oxygen atoms in total. The molecule has 3 rings (SSSR count). The predicted octanol–water partition coefficient (Wildman–Crippen LogP) is 2.53. The maximum atomic E-state index is 12.3. The number of rotatable bonds is 4. The molecule has 0 aliphatic carbocycles. The van der Waals surface area contributed by atoms with E-state index in [9.17, 15) is 9.59 Å². The predicted molar refractivity (Wildman–Crippen MR) is 96.7 cm³/mol. The topological polar surface area (TPSA) is 108 Å². The fraction of sp³-hybridized carbons (Fsp3) is 0.375. The standard InChI is InChI=1S/C16H18BrN5O4/c1-16(2,3)10-7-12(21(4)19-10)18-13(23)8-22-15(24)26-14(20-22)9-5-6-11(17)25-9/h5-7H,8H2,1-4H3,(H,18,23). The lowest BCUT2D eigenvalue weighted by Crippen LogP contribution is -2.26. The average molecular weight is 424 g/mol. The van der Waals surface area contributed by atoms with Gasteiger partial charge in [-0.25, -0.2) is 4.79 Å². The number of carbonyl (C=O) groups is 1. The normalized spacial score (nSPS) is 11.7. The Bertz CT molecular complexity index is 1000. The fourth-order valence-electron chi connectivity index (χ4n) is 2.20. The van der Waals surface area contributed by atoms with Crippen LogP contribution in [0.3, 0.4) is 0 Å². The molecule has 138 valence electrons. The summed E-state index contributed by atoms with van der Waals surface area (Å²) in [4.78, 5) is 24.2. The van der Waals surface area contributed by atoms with Crippen LogP contribution in [0.15, 0.2) is 36.5 Å². The number of furan rings is 1. The molecule has 10 heteroatoms. The molecule has 26 heavy (non-hydrogen) atoms. The first-order chi connectivity index (χ1) is 12.1. The summed E-state index contributed by atoms with van der Waals surface area (Å²) in [7, 11) is 1.74. The van der Waals surface area contributed by atoms with Gasteiger partial charge < -0.3 is 14.2 Å². The molecule has 0 aliphatic heterocycles. The van der Waals surface area contributed by atoms with Gasteiger partial charge in [-0.05, 0) is 28.1 Å². The van der Waals surface area contributed by atoms with Crippen LogP contribution in [0.2, 0.25) is 0 Å².